The van der Waals surface area contributed by atoms with Crippen LogP contribution >= 0.6 is 0 Å². The van der Waals surface area contributed by atoms with E-state index in [1.165, 1.54) is 36.0 Å². The van der Waals surface area contributed by atoms with Crippen molar-refractivity contribution in [2.75, 3.05) is 13.1 Å². The molecule has 6 heteroatoms. The molecule has 0 spiro atoms. The summed E-state index contributed by atoms with van der Waals surface area (Å²) in [6, 6.07) is 4.27. The van der Waals surface area contributed by atoms with E-state index in [4.69, 9.17) is 4.74 Å². The largest absolute Gasteiger partial charge is 0.461 e. The molecule has 6 nitrogen and oxygen atoms in total. The topological polar surface area (TPSA) is 80.3 Å². The molecular formula is C32H45N3O3. The van der Waals surface area contributed by atoms with Crippen molar-refractivity contribution in [1.82, 2.24) is 15.6 Å². The van der Waals surface area contributed by atoms with Gasteiger partial charge in [-0.2, -0.15) is 0 Å². The smallest absolute Gasteiger partial charge is 0.325 e. The van der Waals surface area contributed by atoms with Gasteiger partial charge in [0.15, 0.2) is 0 Å². The molecule has 1 aromatic rings. The summed E-state index contributed by atoms with van der Waals surface area (Å²) in [6.45, 7) is 11.1. The van der Waals surface area contributed by atoms with E-state index in [9.17, 15) is 9.59 Å². The SMILES string of the molecule is CC(C)(C)NCC(=O)NCC(=O)O[C@H]1CC[C@@]2(C)C(=CC[C@@H]3C2CC[C@]2(C)C(c4cccnc4)=CCC32)C1. The van der Waals surface area contributed by atoms with Gasteiger partial charge in [-0.15, -0.1) is 0 Å². The first-order chi connectivity index (χ1) is 18.0. The number of esters is 1. The summed E-state index contributed by atoms with van der Waals surface area (Å²) in [6.07, 6.45) is 16.3. The van der Waals surface area contributed by atoms with Crippen LogP contribution in [0.1, 0.15) is 85.1 Å². The van der Waals surface area contributed by atoms with E-state index in [1.54, 1.807) is 0 Å². The third kappa shape index (κ3) is 5.21. The van der Waals surface area contributed by atoms with Crippen LogP contribution in [0.15, 0.2) is 42.3 Å². The number of amides is 1. The number of nitrogens with zero attached hydrogens (tertiary/aromatic N) is 1. The summed E-state index contributed by atoms with van der Waals surface area (Å²) >= 11 is 0. The quantitative estimate of drug-likeness (QED) is 0.386. The zero-order valence-electron chi connectivity index (χ0n) is 23.8. The van der Waals surface area contributed by atoms with E-state index in [0.29, 0.717) is 17.8 Å². The van der Waals surface area contributed by atoms with Crippen molar-refractivity contribution in [2.45, 2.75) is 91.2 Å². The number of ether oxygens (including phenoxy) is 1. The molecule has 1 aromatic heterocycles. The molecule has 2 N–H and O–H groups in total. The Hall–Kier alpha value is -2.47. The molecule has 0 saturated heterocycles. The van der Waals surface area contributed by atoms with Gasteiger partial charge in [0.05, 0.1) is 6.54 Å². The van der Waals surface area contributed by atoms with Crippen LogP contribution in [0, 0.1) is 28.6 Å². The lowest BCUT2D eigenvalue weighted by atomic mass is 9.47. The molecule has 0 radical (unpaired) electrons. The van der Waals surface area contributed by atoms with Crippen LogP contribution in [0.5, 0.6) is 0 Å². The summed E-state index contributed by atoms with van der Waals surface area (Å²) < 4.78 is 5.84. The summed E-state index contributed by atoms with van der Waals surface area (Å²) in [4.78, 5) is 29.0. The molecule has 38 heavy (non-hydrogen) atoms. The van der Waals surface area contributed by atoms with Crippen molar-refractivity contribution < 1.29 is 14.3 Å². The highest BCUT2D eigenvalue weighted by atomic mass is 16.5. The van der Waals surface area contributed by atoms with E-state index in [-0.39, 0.29) is 47.4 Å². The second kappa shape index (κ2) is 10.3. The van der Waals surface area contributed by atoms with Crippen LogP contribution in [0.3, 0.4) is 0 Å². The molecule has 5 rings (SSSR count). The van der Waals surface area contributed by atoms with Crippen LogP contribution < -0.4 is 10.6 Å². The zero-order valence-corrected chi connectivity index (χ0v) is 23.8. The van der Waals surface area contributed by atoms with Crippen molar-refractivity contribution in [2.24, 2.45) is 28.6 Å². The number of nitrogens with one attached hydrogen (secondary N) is 2. The minimum Gasteiger partial charge on any atom is -0.461 e. The average molecular weight is 520 g/mol. The minimum atomic E-state index is -0.342. The molecule has 6 atom stereocenters. The zero-order chi connectivity index (χ0) is 27.1. The van der Waals surface area contributed by atoms with E-state index < -0.39 is 0 Å². The lowest BCUT2D eigenvalue weighted by Crippen LogP contribution is -2.50. The molecule has 4 aliphatic carbocycles. The van der Waals surface area contributed by atoms with Gasteiger partial charge in [0.2, 0.25) is 5.91 Å². The van der Waals surface area contributed by atoms with Gasteiger partial charge >= 0.3 is 5.97 Å². The maximum atomic E-state index is 12.5. The Morgan fingerprint density at radius 2 is 1.84 bits per heavy atom. The molecule has 2 unspecified atom stereocenters. The van der Waals surface area contributed by atoms with Crippen LogP contribution in [0.25, 0.3) is 5.57 Å². The Kier molecular flexibility index (Phi) is 7.32. The number of rotatable bonds is 6. The van der Waals surface area contributed by atoms with Crippen LogP contribution in [-0.2, 0) is 14.3 Å². The first-order valence-corrected chi connectivity index (χ1v) is 14.5. The van der Waals surface area contributed by atoms with Crippen LogP contribution in [0.2, 0.25) is 0 Å². The van der Waals surface area contributed by atoms with E-state index in [2.05, 4.69) is 53.7 Å². The molecule has 0 aliphatic heterocycles. The maximum Gasteiger partial charge on any atom is 0.325 e. The first kappa shape index (κ1) is 27.1. The number of aromatic nitrogens is 1. The molecule has 1 amide bonds. The third-order valence-electron chi connectivity index (χ3n) is 10.1. The summed E-state index contributed by atoms with van der Waals surface area (Å²) in [5.41, 5.74) is 4.56. The highest BCUT2D eigenvalue weighted by Gasteiger charge is 2.57. The molecule has 1 heterocycles. The number of fused-ring (bicyclic) bond motifs is 5. The van der Waals surface area contributed by atoms with Gasteiger partial charge in [-0.05, 0) is 105 Å². The molecule has 2 fully saturated rings. The molecule has 0 aromatic carbocycles. The first-order valence-electron chi connectivity index (χ1n) is 14.5. The molecule has 4 aliphatic rings. The van der Waals surface area contributed by atoms with Gasteiger partial charge < -0.3 is 15.4 Å². The number of carbonyl (C=O) groups excluding carboxylic acids is 2. The number of allylic oxidation sites excluding steroid dienone is 3. The van der Waals surface area contributed by atoms with Crippen molar-refractivity contribution in [3.63, 3.8) is 0 Å². The summed E-state index contributed by atoms with van der Waals surface area (Å²) in [5.74, 6) is 1.53. The number of hydrogen-bond acceptors (Lipinski definition) is 5. The average Bonchev–Trinajstić information content (AvgIpc) is 3.24. The van der Waals surface area contributed by atoms with Crippen molar-refractivity contribution in [1.29, 1.82) is 0 Å². The van der Waals surface area contributed by atoms with Gasteiger partial charge in [-0.25, -0.2) is 0 Å². The van der Waals surface area contributed by atoms with Gasteiger partial charge in [-0.1, -0.05) is 37.6 Å². The monoisotopic (exact) mass is 519 g/mol. The fourth-order valence-corrected chi connectivity index (χ4v) is 8.07. The third-order valence-corrected chi connectivity index (χ3v) is 10.1. The standard InChI is InChI=1S/C32H45N3O3/c1-30(2,3)35-19-28(36)34-20-29(37)38-23-12-14-31(4)22(17-23)8-9-24-26-11-10-25(21-7-6-16-33-18-21)32(26,5)15-13-27(24)31/h6-8,10,16,18,23-24,26-27,35H,9,11-15,17,19-20H2,1-5H3,(H,34,36)/t23-,24-,26?,27?,31-,32+/m0/s1. The summed E-state index contributed by atoms with van der Waals surface area (Å²) in [7, 11) is 0. The molecular weight excluding hydrogens is 474 g/mol. The summed E-state index contributed by atoms with van der Waals surface area (Å²) in [5, 5.41) is 5.82. The number of pyridine rings is 1. The second-order valence-corrected chi connectivity index (χ2v) is 13.5. The van der Waals surface area contributed by atoms with Crippen LogP contribution in [-0.4, -0.2) is 41.6 Å². The van der Waals surface area contributed by atoms with Gasteiger partial charge in [0.1, 0.15) is 12.6 Å². The van der Waals surface area contributed by atoms with E-state index in [0.717, 1.165) is 25.7 Å². The Morgan fingerprint density at radius 1 is 1.05 bits per heavy atom. The van der Waals surface area contributed by atoms with Gasteiger partial charge in [0, 0.05) is 24.4 Å². The number of carbonyl (C=O) groups is 2. The van der Waals surface area contributed by atoms with Gasteiger partial charge in [-0.3, -0.25) is 14.6 Å². The van der Waals surface area contributed by atoms with Crippen molar-refractivity contribution in [3.05, 3.63) is 47.8 Å². The maximum absolute atomic E-state index is 12.5. The Bertz CT molecular complexity index is 1120. The lowest BCUT2D eigenvalue weighted by molar-refractivity contribution is -0.151. The minimum absolute atomic E-state index is 0.0747. The Labute approximate surface area is 228 Å². The Morgan fingerprint density at radius 3 is 2.58 bits per heavy atom. The molecule has 0 bridgehead atoms. The van der Waals surface area contributed by atoms with Crippen molar-refractivity contribution in [3.8, 4) is 0 Å². The highest BCUT2D eigenvalue weighted by molar-refractivity contribution is 5.83. The predicted molar refractivity (Wildman–Crippen MR) is 150 cm³/mol. The second-order valence-electron chi connectivity index (χ2n) is 13.5. The van der Waals surface area contributed by atoms with Crippen molar-refractivity contribution >= 4 is 17.4 Å². The fraction of sp³-hybridized carbons (Fsp3) is 0.656. The molecule has 206 valence electrons. The van der Waals surface area contributed by atoms with Gasteiger partial charge in [0.25, 0.3) is 0 Å². The predicted octanol–water partition coefficient (Wildman–Crippen LogP) is 5.45. The number of hydrogen-bond donors (Lipinski definition) is 2. The lowest BCUT2D eigenvalue weighted by Gasteiger charge is -2.57. The fourth-order valence-electron chi connectivity index (χ4n) is 8.07. The van der Waals surface area contributed by atoms with Crippen LogP contribution in [0.4, 0.5) is 0 Å². The highest BCUT2D eigenvalue weighted by Crippen LogP contribution is 2.66. The van der Waals surface area contributed by atoms with E-state index in [1.807, 2.05) is 33.2 Å². The Balaban J connectivity index is 1.19. The van der Waals surface area contributed by atoms with E-state index >= 15 is 0 Å². The molecule has 2 saturated carbocycles. The normalized spacial score (nSPS) is 34.2.